The molecule has 8 nitrogen and oxygen atoms in total. The number of benzene rings is 2. The van der Waals surface area contributed by atoms with E-state index < -0.39 is 37.3 Å². The number of nitrogens with one attached hydrogen (secondary N) is 1. The van der Waals surface area contributed by atoms with Gasteiger partial charge in [-0.15, -0.1) is 0 Å². The number of nitrogens with zero attached hydrogens (tertiary/aromatic N) is 1. The van der Waals surface area contributed by atoms with Gasteiger partial charge in [0.1, 0.15) is 24.1 Å². The highest BCUT2D eigenvalue weighted by Gasteiger charge is 2.48. The van der Waals surface area contributed by atoms with E-state index >= 15 is 0 Å². The zero-order valence-electron chi connectivity index (χ0n) is 17.5. The van der Waals surface area contributed by atoms with Crippen molar-refractivity contribution in [3.05, 3.63) is 47.8 Å². The van der Waals surface area contributed by atoms with E-state index in [2.05, 4.69) is 4.98 Å². The first-order chi connectivity index (χ1) is 14.8. The monoisotopic (exact) mass is 504 g/mol. The van der Waals surface area contributed by atoms with E-state index in [0.717, 1.165) is 43.7 Å². The van der Waals surface area contributed by atoms with Crippen molar-refractivity contribution in [2.24, 2.45) is 0 Å². The number of pyridine rings is 1. The minimum Gasteiger partial charge on any atom is -1.00 e. The van der Waals surface area contributed by atoms with Gasteiger partial charge in [0.15, 0.2) is 18.5 Å². The first-order valence-corrected chi connectivity index (χ1v) is 10.2. The molecular formula is C23H25BrN2O6. The average Bonchev–Trinajstić information content (AvgIpc) is 3.15. The fraction of sp³-hybridized carbons (Fsp3) is 0.348. The lowest BCUT2D eigenvalue weighted by atomic mass is 9.96. The SMILES string of the molecule is Cc1c2cc[n+]([C@H]3O[C@@H](CO)[C@H](O)[C@@H](O)[C@@H]3O)cc2c(C)c2c1[nH]c1ccc(O)cc12.[Br-]. The molecule has 2 aromatic carbocycles. The van der Waals surface area contributed by atoms with Crippen LogP contribution in [0.4, 0.5) is 0 Å². The first kappa shape index (κ1) is 22.9. The second-order valence-electron chi connectivity index (χ2n) is 8.29. The highest BCUT2D eigenvalue weighted by molar-refractivity contribution is 6.16. The van der Waals surface area contributed by atoms with Crippen LogP contribution in [0.25, 0.3) is 32.6 Å². The van der Waals surface area contributed by atoms with Crippen LogP contribution in [0.3, 0.4) is 0 Å². The van der Waals surface area contributed by atoms with Gasteiger partial charge in [-0.2, -0.15) is 4.57 Å². The molecule has 0 unspecified atom stereocenters. The number of phenolic OH excluding ortho intramolecular Hbond substituents is 1. The summed E-state index contributed by atoms with van der Waals surface area (Å²) in [4.78, 5) is 3.44. The molecule has 4 aromatic rings. The van der Waals surface area contributed by atoms with Crippen molar-refractivity contribution in [3.8, 4) is 5.75 Å². The van der Waals surface area contributed by atoms with Gasteiger partial charge < -0.3 is 52.2 Å². The van der Waals surface area contributed by atoms with Crippen LogP contribution >= 0.6 is 0 Å². The van der Waals surface area contributed by atoms with Gasteiger partial charge in [0.25, 0.3) is 6.23 Å². The van der Waals surface area contributed by atoms with E-state index in [9.17, 15) is 25.5 Å². The van der Waals surface area contributed by atoms with Crippen LogP contribution < -0.4 is 21.5 Å². The van der Waals surface area contributed by atoms with Crippen LogP contribution in [0.5, 0.6) is 5.75 Å². The molecule has 0 saturated carbocycles. The standard InChI is InChI=1S/C23H24N2O6.BrH/c1-10-15-8-25(23-22(30)21(29)20(28)17(9-26)31-23)6-5-13(15)11(2)19-18(10)14-7-12(27)3-4-16(14)24-19;/h3-8,17,20-23,26-30H,9H2,1-2H3;1H/t17-,20-,21+,22-,23-;/m0./s1. The first-order valence-electron chi connectivity index (χ1n) is 10.2. The van der Waals surface area contributed by atoms with Gasteiger partial charge >= 0.3 is 0 Å². The molecule has 0 bridgehead atoms. The molecule has 1 fully saturated rings. The Kier molecular flexibility index (Phi) is 5.91. The van der Waals surface area contributed by atoms with Crippen molar-refractivity contribution < 1.29 is 51.8 Å². The van der Waals surface area contributed by atoms with Crippen LogP contribution in [-0.4, -0.2) is 61.5 Å². The van der Waals surface area contributed by atoms with Crippen molar-refractivity contribution in [1.29, 1.82) is 0 Å². The van der Waals surface area contributed by atoms with Crippen molar-refractivity contribution in [3.63, 3.8) is 0 Å². The van der Waals surface area contributed by atoms with Crippen LogP contribution in [0.2, 0.25) is 0 Å². The van der Waals surface area contributed by atoms with Gasteiger partial charge in [0.2, 0.25) is 0 Å². The van der Waals surface area contributed by atoms with Crippen LogP contribution in [0, 0.1) is 13.8 Å². The summed E-state index contributed by atoms with van der Waals surface area (Å²) in [6.45, 7) is 3.55. The molecule has 5 atom stereocenters. The zero-order chi connectivity index (χ0) is 22.0. The predicted octanol–water partition coefficient (Wildman–Crippen LogP) is -1.94. The smallest absolute Gasteiger partial charge is 0.292 e. The fourth-order valence-electron chi connectivity index (χ4n) is 4.74. The minimum absolute atomic E-state index is 0. The summed E-state index contributed by atoms with van der Waals surface area (Å²) in [7, 11) is 0. The summed E-state index contributed by atoms with van der Waals surface area (Å²) in [6.07, 6.45) is -2.57. The molecule has 0 spiro atoms. The van der Waals surface area contributed by atoms with Gasteiger partial charge in [-0.1, -0.05) is 0 Å². The number of aliphatic hydroxyl groups is 4. The zero-order valence-corrected chi connectivity index (χ0v) is 19.1. The van der Waals surface area contributed by atoms with E-state index in [1.54, 1.807) is 22.9 Å². The highest BCUT2D eigenvalue weighted by atomic mass is 79.9. The van der Waals surface area contributed by atoms with E-state index in [0.29, 0.717) is 0 Å². The number of hydrogen-bond donors (Lipinski definition) is 6. The van der Waals surface area contributed by atoms with Crippen LogP contribution in [-0.2, 0) is 4.74 Å². The maximum atomic E-state index is 10.5. The molecule has 0 amide bonds. The number of hydrogen-bond acceptors (Lipinski definition) is 6. The lowest BCUT2D eigenvalue weighted by Crippen LogP contribution is -3.00. The Hall–Kier alpha value is -2.27. The third kappa shape index (κ3) is 3.28. The number of rotatable bonds is 2. The molecule has 1 saturated heterocycles. The molecule has 32 heavy (non-hydrogen) atoms. The van der Waals surface area contributed by atoms with Crippen LogP contribution in [0.1, 0.15) is 17.4 Å². The fourth-order valence-corrected chi connectivity index (χ4v) is 4.74. The molecule has 0 aliphatic carbocycles. The van der Waals surface area contributed by atoms with Gasteiger partial charge in [0.05, 0.1) is 12.1 Å². The van der Waals surface area contributed by atoms with Gasteiger partial charge in [-0.3, -0.25) is 0 Å². The lowest BCUT2D eigenvalue weighted by molar-refractivity contribution is -0.777. The number of halogens is 1. The molecule has 9 heteroatoms. The predicted molar refractivity (Wildman–Crippen MR) is 114 cm³/mol. The lowest BCUT2D eigenvalue weighted by Gasteiger charge is -2.36. The molecule has 3 heterocycles. The molecule has 170 valence electrons. The molecule has 2 aromatic heterocycles. The number of aromatic nitrogens is 2. The van der Waals surface area contributed by atoms with Crippen LogP contribution in [0.15, 0.2) is 36.7 Å². The maximum Gasteiger partial charge on any atom is 0.292 e. The summed E-state index contributed by atoms with van der Waals surface area (Å²) >= 11 is 0. The highest BCUT2D eigenvalue weighted by Crippen LogP contribution is 2.37. The molecule has 6 N–H and O–H groups in total. The van der Waals surface area contributed by atoms with Crippen molar-refractivity contribution >= 4 is 32.6 Å². The maximum absolute atomic E-state index is 10.5. The number of ether oxygens (including phenoxy) is 1. The van der Waals surface area contributed by atoms with Gasteiger partial charge in [0, 0.05) is 27.7 Å². The average molecular weight is 505 g/mol. The molecule has 1 aliphatic rings. The Morgan fingerprint density at radius 1 is 0.969 bits per heavy atom. The summed E-state index contributed by atoms with van der Waals surface area (Å²) in [5.74, 6) is 0.190. The van der Waals surface area contributed by atoms with Gasteiger partial charge in [-0.05, 0) is 48.6 Å². The van der Waals surface area contributed by atoms with E-state index in [1.807, 2.05) is 32.2 Å². The Morgan fingerprint density at radius 3 is 2.44 bits per heavy atom. The Morgan fingerprint density at radius 2 is 1.72 bits per heavy atom. The van der Waals surface area contributed by atoms with Gasteiger partial charge in [-0.25, -0.2) is 0 Å². The van der Waals surface area contributed by atoms with Crippen molar-refractivity contribution in [2.75, 3.05) is 6.61 Å². The van der Waals surface area contributed by atoms with E-state index in [4.69, 9.17) is 4.74 Å². The second kappa shape index (κ2) is 8.26. The molecular weight excluding hydrogens is 480 g/mol. The van der Waals surface area contributed by atoms with E-state index in [1.165, 1.54) is 0 Å². The normalized spacial score (nSPS) is 26.0. The van der Waals surface area contributed by atoms with E-state index in [-0.39, 0.29) is 22.7 Å². The number of aromatic amines is 1. The number of H-pyrrole nitrogens is 1. The minimum atomic E-state index is -1.44. The molecule has 1 aliphatic heterocycles. The molecule has 5 rings (SSSR count). The number of fused-ring (bicyclic) bond motifs is 4. The topological polar surface area (TPSA) is 130 Å². The summed E-state index contributed by atoms with van der Waals surface area (Å²) in [5.41, 5.74) is 3.96. The third-order valence-corrected chi connectivity index (χ3v) is 6.48. The number of aromatic hydroxyl groups is 1. The summed E-state index contributed by atoms with van der Waals surface area (Å²) in [5, 5.41) is 54.1. The summed E-state index contributed by atoms with van der Waals surface area (Å²) < 4.78 is 7.36. The van der Waals surface area contributed by atoms with Crippen molar-refractivity contribution in [2.45, 2.75) is 44.5 Å². The number of aliphatic hydroxyl groups excluding tert-OH is 4. The largest absolute Gasteiger partial charge is 1.00 e. The quantitative estimate of drug-likeness (QED) is 0.176. The Bertz CT molecular complexity index is 1320. The van der Waals surface area contributed by atoms with Crippen molar-refractivity contribution in [1.82, 2.24) is 4.98 Å². The number of phenols is 1. The second-order valence-corrected chi connectivity index (χ2v) is 8.29. The Labute approximate surface area is 194 Å². The number of aryl methyl sites for hydroxylation is 2. The molecule has 0 radical (unpaired) electrons. The Balaban J connectivity index is 0.00000245. The summed E-state index contributed by atoms with van der Waals surface area (Å²) in [6, 6.07) is 7.15. The third-order valence-electron chi connectivity index (χ3n) is 6.48.